The fourth-order valence-electron chi connectivity index (χ4n) is 2.73. The van der Waals surface area contributed by atoms with Gasteiger partial charge in [-0.25, -0.2) is 9.59 Å². The van der Waals surface area contributed by atoms with E-state index in [0.717, 1.165) is 23.8 Å². The Hall–Kier alpha value is -2.41. The SMILES string of the molecule is CCC#Cc1cn([C@@H]2O[C@H](C)[C@@H](O)[C@H]2O)c(=O)nc1NC(=O)OCCCCC. The van der Waals surface area contributed by atoms with E-state index in [1.165, 1.54) is 6.20 Å². The fraction of sp³-hybridized carbons (Fsp3) is 0.632. The minimum Gasteiger partial charge on any atom is -0.449 e. The Morgan fingerprint density at radius 2 is 2.11 bits per heavy atom. The lowest BCUT2D eigenvalue weighted by Crippen LogP contribution is -2.36. The molecular formula is C19H27N3O6. The average Bonchev–Trinajstić information content (AvgIpc) is 2.92. The molecule has 1 saturated heterocycles. The van der Waals surface area contributed by atoms with Gasteiger partial charge in [0.25, 0.3) is 0 Å². The van der Waals surface area contributed by atoms with Crippen molar-refractivity contribution in [2.45, 2.75) is 71.0 Å². The monoisotopic (exact) mass is 393 g/mol. The first-order chi connectivity index (χ1) is 13.4. The summed E-state index contributed by atoms with van der Waals surface area (Å²) in [5.41, 5.74) is -0.481. The van der Waals surface area contributed by atoms with Gasteiger partial charge in [-0.1, -0.05) is 38.5 Å². The second-order valence-corrected chi connectivity index (χ2v) is 6.53. The van der Waals surface area contributed by atoms with Crippen LogP contribution in [0.4, 0.5) is 10.6 Å². The van der Waals surface area contributed by atoms with E-state index in [2.05, 4.69) is 22.1 Å². The number of amides is 1. The lowest BCUT2D eigenvalue weighted by molar-refractivity contribution is -0.0350. The van der Waals surface area contributed by atoms with Crippen molar-refractivity contribution in [1.29, 1.82) is 0 Å². The van der Waals surface area contributed by atoms with Crippen molar-refractivity contribution in [1.82, 2.24) is 9.55 Å². The highest BCUT2D eigenvalue weighted by Crippen LogP contribution is 2.28. The third kappa shape index (κ3) is 5.32. The molecule has 4 atom stereocenters. The molecular weight excluding hydrogens is 366 g/mol. The second kappa shape index (κ2) is 10.2. The zero-order chi connectivity index (χ0) is 20.7. The smallest absolute Gasteiger partial charge is 0.412 e. The van der Waals surface area contributed by atoms with Gasteiger partial charge in [-0.15, -0.1) is 0 Å². The molecule has 9 nitrogen and oxygen atoms in total. The molecule has 1 amide bonds. The summed E-state index contributed by atoms with van der Waals surface area (Å²) in [6.45, 7) is 5.76. The normalized spacial score (nSPS) is 23.8. The molecule has 0 saturated carbocycles. The molecule has 0 unspecified atom stereocenters. The topological polar surface area (TPSA) is 123 Å². The number of hydrogen-bond acceptors (Lipinski definition) is 7. The van der Waals surface area contributed by atoms with Gasteiger partial charge in [-0.3, -0.25) is 9.88 Å². The van der Waals surface area contributed by atoms with Crippen molar-refractivity contribution in [2.75, 3.05) is 11.9 Å². The number of rotatable bonds is 6. The van der Waals surface area contributed by atoms with E-state index in [0.29, 0.717) is 6.42 Å². The minimum absolute atomic E-state index is 0.0243. The number of carbonyl (C=O) groups excluding carboxylic acids is 1. The van der Waals surface area contributed by atoms with Crippen LogP contribution in [-0.4, -0.2) is 50.8 Å². The minimum atomic E-state index is -1.29. The molecule has 0 spiro atoms. The number of aliphatic hydroxyl groups excluding tert-OH is 2. The van der Waals surface area contributed by atoms with Crippen LogP contribution >= 0.6 is 0 Å². The van der Waals surface area contributed by atoms with E-state index in [1.807, 2.05) is 13.8 Å². The Balaban J connectivity index is 2.26. The van der Waals surface area contributed by atoms with Crippen LogP contribution in [0.2, 0.25) is 0 Å². The molecule has 0 aromatic carbocycles. The maximum Gasteiger partial charge on any atom is 0.412 e. The molecule has 0 radical (unpaired) electrons. The number of nitrogens with one attached hydrogen (secondary N) is 1. The van der Waals surface area contributed by atoms with Crippen molar-refractivity contribution in [2.24, 2.45) is 0 Å². The van der Waals surface area contributed by atoms with Crippen molar-refractivity contribution in [3.8, 4) is 11.8 Å². The number of hydrogen-bond donors (Lipinski definition) is 3. The zero-order valence-electron chi connectivity index (χ0n) is 16.3. The number of nitrogens with zero attached hydrogens (tertiary/aromatic N) is 2. The average molecular weight is 393 g/mol. The van der Waals surface area contributed by atoms with Crippen LogP contribution in [-0.2, 0) is 9.47 Å². The first-order valence-electron chi connectivity index (χ1n) is 9.46. The largest absolute Gasteiger partial charge is 0.449 e. The molecule has 0 bridgehead atoms. The van der Waals surface area contributed by atoms with Gasteiger partial charge in [0.15, 0.2) is 12.0 Å². The molecule has 9 heteroatoms. The number of carbonyl (C=O) groups is 1. The molecule has 1 aliphatic heterocycles. The first-order valence-corrected chi connectivity index (χ1v) is 9.46. The fourth-order valence-corrected chi connectivity index (χ4v) is 2.73. The third-order valence-corrected chi connectivity index (χ3v) is 4.30. The second-order valence-electron chi connectivity index (χ2n) is 6.53. The lowest BCUT2D eigenvalue weighted by Gasteiger charge is -2.18. The maximum atomic E-state index is 12.4. The number of unbranched alkanes of at least 4 members (excludes halogenated alkanes) is 2. The van der Waals surface area contributed by atoms with Crippen LogP contribution in [0.15, 0.2) is 11.0 Å². The van der Waals surface area contributed by atoms with Gasteiger partial charge in [0.1, 0.15) is 12.2 Å². The van der Waals surface area contributed by atoms with Gasteiger partial charge in [0.2, 0.25) is 0 Å². The van der Waals surface area contributed by atoms with Gasteiger partial charge < -0.3 is 19.7 Å². The Morgan fingerprint density at radius 3 is 2.71 bits per heavy atom. The molecule has 1 fully saturated rings. The van der Waals surface area contributed by atoms with Gasteiger partial charge >= 0.3 is 11.8 Å². The highest BCUT2D eigenvalue weighted by molar-refractivity contribution is 5.84. The summed E-state index contributed by atoms with van der Waals surface area (Å²) in [7, 11) is 0. The van der Waals surface area contributed by atoms with Crippen LogP contribution in [0.5, 0.6) is 0 Å². The summed E-state index contributed by atoms with van der Waals surface area (Å²) >= 11 is 0. The van der Waals surface area contributed by atoms with E-state index in [-0.39, 0.29) is 18.0 Å². The highest BCUT2D eigenvalue weighted by atomic mass is 16.6. The Kier molecular flexibility index (Phi) is 7.99. The summed E-state index contributed by atoms with van der Waals surface area (Å²) in [6, 6.07) is 0. The molecule has 0 aliphatic carbocycles. The molecule has 2 heterocycles. The summed E-state index contributed by atoms with van der Waals surface area (Å²) in [5, 5.41) is 22.5. The van der Waals surface area contributed by atoms with Crippen LogP contribution in [0.3, 0.4) is 0 Å². The summed E-state index contributed by atoms with van der Waals surface area (Å²) in [5.74, 6) is 5.66. The first kappa shape index (κ1) is 21.9. The van der Waals surface area contributed by atoms with Crippen molar-refractivity contribution < 1.29 is 24.5 Å². The predicted octanol–water partition coefficient (Wildman–Crippen LogP) is 1.38. The molecule has 1 aliphatic rings. The van der Waals surface area contributed by atoms with Crippen LogP contribution in [0.1, 0.15) is 58.2 Å². The highest BCUT2D eigenvalue weighted by Gasteiger charge is 2.42. The van der Waals surface area contributed by atoms with E-state index in [9.17, 15) is 19.8 Å². The van der Waals surface area contributed by atoms with Gasteiger partial charge in [-0.05, 0) is 13.3 Å². The molecule has 28 heavy (non-hydrogen) atoms. The number of ether oxygens (including phenoxy) is 2. The van der Waals surface area contributed by atoms with Crippen LogP contribution < -0.4 is 11.0 Å². The van der Waals surface area contributed by atoms with Gasteiger partial charge in [0, 0.05) is 12.6 Å². The van der Waals surface area contributed by atoms with Crippen LogP contribution in [0, 0.1) is 11.8 Å². The predicted molar refractivity (Wildman–Crippen MR) is 102 cm³/mol. The Bertz CT molecular complexity index is 797. The molecule has 1 aromatic heterocycles. The third-order valence-electron chi connectivity index (χ3n) is 4.30. The Morgan fingerprint density at radius 1 is 1.36 bits per heavy atom. The molecule has 1 aromatic rings. The summed E-state index contributed by atoms with van der Waals surface area (Å²) < 4.78 is 11.6. The van der Waals surface area contributed by atoms with Gasteiger partial charge in [-0.2, -0.15) is 4.98 Å². The summed E-state index contributed by atoms with van der Waals surface area (Å²) in [6.07, 6.45) is -0.272. The van der Waals surface area contributed by atoms with Gasteiger partial charge in [0.05, 0.1) is 18.3 Å². The van der Waals surface area contributed by atoms with Crippen molar-refractivity contribution >= 4 is 11.9 Å². The quantitative estimate of drug-likeness (QED) is 0.493. The number of aliphatic hydroxyl groups is 2. The summed E-state index contributed by atoms with van der Waals surface area (Å²) in [4.78, 5) is 28.3. The number of anilines is 1. The zero-order valence-corrected chi connectivity index (χ0v) is 16.3. The van der Waals surface area contributed by atoms with E-state index in [1.54, 1.807) is 6.92 Å². The van der Waals surface area contributed by atoms with E-state index in [4.69, 9.17) is 9.47 Å². The van der Waals surface area contributed by atoms with E-state index < -0.39 is 36.3 Å². The maximum absolute atomic E-state index is 12.4. The Labute approximate surface area is 163 Å². The molecule has 154 valence electrons. The number of aromatic nitrogens is 2. The lowest BCUT2D eigenvalue weighted by atomic mass is 10.1. The van der Waals surface area contributed by atoms with Crippen molar-refractivity contribution in [3.05, 3.63) is 22.2 Å². The van der Waals surface area contributed by atoms with Crippen LogP contribution in [0.25, 0.3) is 0 Å². The van der Waals surface area contributed by atoms with E-state index >= 15 is 0 Å². The molecule has 2 rings (SSSR count). The standard InChI is InChI=1S/C19H27N3O6/c1-4-6-8-10-27-19(26)21-16-13(9-7-5-2)11-22(18(25)20-16)17-15(24)14(23)12(3)28-17/h11-12,14-15,17,23-24H,4-6,8,10H2,1-3H3,(H,20,21,25,26)/t12-,14-,15-,17-/m1/s1. The van der Waals surface area contributed by atoms with Crippen molar-refractivity contribution in [3.63, 3.8) is 0 Å². The molecule has 3 N–H and O–H groups in total.